The van der Waals surface area contributed by atoms with Crippen molar-refractivity contribution in [3.63, 3.8) is 0 Å². The fourth-order valence-electron chi connectivity index (χ4n) is 2.69. The SMILES string of the molecule is CC(C)[C@@H](NC(=O)[C@@H]1C[C@@H](Oc2cccc(C(=N)N)c2)CN1)C(=O)O. The van der Waals surface area contributed by atoms with E-state index in [-0.39, 0.29) is 23.8 Å². The van der Waals surface area contributed by atoms with E-state index in [4.69, 9.17) is 21.0 Å². The first-order valence-electron chi connectivity index (χ1n) is 8.15. The Kier molecular flexibility index (Phi) is 5.97. The van der Waals surface area contributed by atoms with Gasteiger partial charge in [-0.15, -0.1) is 0 Å². The zero-order valence-electron chi connectivity index (χ0n) is 14.3. The van der Waals surface area contributed by atoms with Gasteiger partial charge in [0.2, 0.25) is 5.91 Å². The van der Waals surface area contributed by atoms with Crippen LogP contribution < -0.4 is 21.1 Å². The van der Waals surface area contributed by atoms with Crippen LogP contribution in [-0.2, 0) is 9.59 Å². The van der Waals surface area contributed by atoms with Gasteiger partial charge in [0.05, 0.1) is 6.04 Å². The molecule has 0 radical (unpaired) electrons. The van der Waals surface area contributed by atoms with Crippen molar-refractivity contribution in [1.82, 2.24) is 10.6 Å². The van der Waals surface area contributed by atoms with Crippen molar-refractivity contribution in [2.75, 3.05) is 6.54 Å². The number of nitrogen functional groups attached to an aromatic ring is 1. The number of carboxylic acids is 1. The van der Waals surface area contributed by atoms with Crippen LogP contribution in [0.1, 0.15) is 25.8 Å². The Morgan fingerprint density at radius 2 is 2.16 bits per heavy atom. The Bertz CT molecular complexity index is 662. The molecule has 0 unspecified atom stereocenters. The number of carbonyl (C=O) groups is 2. The minimum atomic E-state index is -1.05. The predicted molar refractivity (Wildman–Crippen MR) is 92.7 cm³/mol. The first-order valence-corrected chi connectivity index (χ1v) is 8.15. The normalized spacial score (nSPS) is 20.9. The van der Waals surface area contributed by atoms with Gasteiger partial charge in [0.25, 0.3) is 0 Å². The van der Waals surface area contributed by atoms with Gasteiger partial charge >= 0.3 is 5.97 Å². The highest BCUT2D eigenvalue weighted by Gasteiger charge is 2.33. The maximum atomic E-state index is 12.3. The maximum absolute atomic E-state index is 12.3. The molecule has 3 atom stereocenters. The van der Waals surface area contributed by atoms with Crippen LogP contribution in [-0.4, -0.2) is 47.6 Å². The van der Waals surface area contributed by atoms with E-state index in [0.717, 1.165) is 0 Å². The zero-order valence-corrected chi connectivity index (χ0v) is 14.3. The number of hydrogen-bond acceptors (Lipinski definition) is 5. The summed E-state index contributed by atoms with van der Waals surface area (Å²) in [6.45, 7) is 3.96. The van der Waals surface area contributed by atoms with Crippen LogP contribution >= 0.6 is 0 Å². The van der Waals surface area contributed by atoms with Gasteiger partial charge < -0.3 is 26.2 Å². The molecule has 1 heterocycles. The van der Waals surface area contributed by atoms with Crippen LogP contribution in [0.2, 0.25) is 0 Å². The average Bonchev–Trinajstić information content (AvgIpc) is 3.00. The third-order valence-electron chi connectivity index (χ3n) is 4.09. The van der Waals surface area contributed by atoms with E-state index in [9.17, 15) is 9.59 Å². The van der Waals surface area contributed by atoms with Crippen LogP contribution in [0.15, 0.2) is 24.3 Å². The number of nitrogens with one attached hydrogen (secondary N) is 3. The second-order valence-electron chi connectivity index (χ2n) is 6.45. The molecule has 0 bridgehead atoms. The van der Waals surface area contributed by atoms with Crippen LogP contribution in [0, 0.1) is 11.3 Å². The molecule has 25 heavy (non-hydrogen) atoms. The third-order valence-corrected chi connectivity index (χ3v) is 4.09. The highest BCUT2D eigenvalue weighted by Crippen LogP contribution is 2.19. The number of nitrogens with two attached hydrogens (primary N) is 1. The Hall–Kier alpha value is -2.61. The molecule has 1 saturated heterocycles. The van der Waals surface area contributed by atoms with Crippen molar-refractivity contribution in [3.05, 3.63) is 29.8 Å². The fourth-order valence-corrected chi connectivity index (χ4v) is 2.69. The summed E-state index contributed by atoms with van der Waals surface area (Å²) < 4.78 is 5.84. The number of rotatable bonds is 7. The van der Waals surface area contributed by atoms with Crippen molar-refractivity contribution in [3.8, 4) is 5.75 Å². The monoisotopic (exact) mass is 348 g/mol. The minimum Gasteiger partial charge on any atom is -0.489 e. The highest BCUT2D eigenvalue weighted by atomic mass is 16.5. The predicted octanol–water partition coefficient (Wildman–Crippen LogP) is 0.305. The number of ether oxygens (including phenoxy) is 1. The van der Waals surface area contributed by atoms with Gasteiger partial charge in [0, 0.05) is 18.5 Å². The van der Waals surface area contributed by atoms with E-state index in [1.807, 2.05) is 0 Å². The molecular weight excluding hydrogens is 324 g/mol. The van der Waals surface area contributed by atoms with Gasteiger partial charge in [-0.3, -0.25) is 10.2 Å². The van der Waals surface area contributed by atoms with E-state index in [0.29, 0.717) is 24.3 Å². The lowest BCUT2D eigenvalue weighted by molar-refractivity contribution is -0.143. The largest absolute Gasteiger partial charge is 0.489 e. The molecule has 2 rings (SSSR count). The molecule has 6 N–H and O–H groups in total. The van der Waals surface area contributed by atoms with E-state index in [1.165, 1.54) is 0 Å². The molecule has 0 spiro atoms. The van der Waals surface area contributed by atoms with Gasteiger partial charge in [-0.1, -0.05) is 26.0 Å². The van der Waals surface area contributed by atoms with Gasteiger partial charge in [-0.2, -0.15) is 0 Å². The molecule has 1 aliphatic rings. The van der Waals surface area contributed by atoms with E-state index in [1.54, 1.807) is 38.1 Å². The Balaban J connectivity index is 1.92. The average molecular weight is 348 g/mol. The van der Waals surface area contributed by atoms with E-state index in [2.05, 4.69) is 10.6 Å². The molecule has 1 aliphatic heterocycles. The topological polar surface area (TPSA) is 138 Å². The molecular formula is C17H24N4O4. The van der Waals surface area contributed by atoms with Crippen molar-refractivity contribution >= 4 is 17.7 Å². The van der Waals surface area contributed by atoms with Crippen molar-refractivity contribution < 1.29 is 19.4 Å². The summed E-state index contributed by atoms with van der Waals surface area (Å²) in [5, 5.41) is 22.2. The molecule has 1 aromatic rings. The number of benzene rings is 1. The molecule has 8 nitrogen and oxygen atoms in total. The third kappa shape index (κ3) is 4.93. The molecule has 0 saturated carbocycles. The van der Waals surface area contributed by atoms with Crippen LogP contribution in [0.5, 0.6) is 5.75 Å². The van der Waals surface area contributed by atoms with Crippen molar-refractivity contribution in [2.45, 2.75) is 38.5 Å². The lowest BCUT2D eigenvalue weighted by Crippen LogP contribution is -2.50. The Morgan fingerprint density at radius 3 is 2.76 bits per heavy atom. The lowest BCUT2D eigenvalue weighted by atomic mass is 10.0. The summed E-state index contributed by atoms with van der Waals surface area (Å²) in [5.74, 6) is -1.06. The molecule has 136 valence electrons. The molecule has 1 fully saturated rings. The van der Waals surface area contributed by atoms with Crippen LogP contribution in [0.25, 0.3) is 0 Å². The van der Waals surface area contributed by atoms with E-state index < -0.39 is 18.1 Å². The van der Waals surface area contributed by atoms with Gasteiger partial charge in [0.15, 0.2) is 0 Å². The standard InChI is InChI=1S/C17H24N4O4/c1-9(2)14(17(23)24)21-16(22)13-7-12(8-20-13)25-11-5-3-4-10(6-11)15(18)19/h3-6,9,12-14,20H,7-8H2,1-2H3,(H3,18,19)(H,21,22)(H,23,24)/t12-,13+,14-/m1/s1. The first-order chi connectivity index (χ1) is 11.8. The summed E-state index contributed by atoms with van der Waals surface area (Å²) >= 11 is 0. The molecule has 1 amide bonds. The number of amidine groups is 1. The zero-order chi connectivity index (χ0) is 18.6. The number of carboxylic acid groups (broad SMARTS) is 1. The summed E-state index contributed by atoms with van der Waals surface area (Å²) in [6.07, 6.45) is 0.209. The van der Waals surface area contributed by atoms with Gasteiger partial charge in [-0.05, 0) is 18.1 Å². The second-order valence-corrected chi connectivity index (χ2v) is 6.45. The number of aliphatic carboxylic acids is 1. The number of amides is 1. The minimum absolute atomic E-state index is 0.0411. The van der Waals surface area contributed by atoms with Crippen LogP contribution in [0.4, 0.5) is 0 Å². The number of carbonyl (C=O) groups excluding carboxylic acids is 1. The van der Waals surface area contributed by atoms with Gasteiger partial charge in [-0.25, -0.2) is 4.79 Å². The summed E-state index contributed by atoms with van der Waals surface area (Å²) in [5.41, 5.74) is 6.03. The molecule has 8 heteroatoms. The molecule has 0 aromatic heterocycles. The van der Waals surface area contributed by atoms with Gasteiger partial charge in [0.1, 0.15) is 23.7 Å². The second kappa shape index (κ2) is 7.98. The molecule has 0 aliphatic carbocycles. The Morgan fingerprint density at radius 1 is 1.44 bits per heavy atom. The van der Waals surface area contributed by atoms with Crippen LogP contribution in [0.3, 0.4) is 0 Å². The van der Waals surface area contributed by atoms with Crippen molar-refractivity contribution in [2.24, 2.45) is 11.7 Å². The lowest BCUT2D eigenvalue weighted by Gasteiger charge is -2.20. The Labute approximate surface area is 146 Å². The van der Waals surface area contributed by atoms with Crippen molar-refractivity contribution in [1.29, 1.82) is 5.41 Å². The highest BCUT2D eigenvalue weighted by molar-refractivity contribution is 5.95. The smallest absolute Gasteiger partial charge is 0.326 e. The first kappa shape index (κ1) is 18.7. The summed E-state index contributed by atoms with van der Waals surface area (Å²) in [4.78, 5) is 23.5. The quantitative estimate of drug-likeness (QED) is 0.355. The fraction of sp³-hybridized carbons (Fsp3) is 0.471. The molecule has 1 aromatic carbocycles. The summed E-state index contributed by atoms with van der Waals surface area (Å²) in [6, 6.07) is 5.49. The number of hydrogen-bond donors (Lipinski definition) is 5. The summed E-state index contributed by atoms with van der Waals surface area (Å²) in [7, 11) is 0. The maximum Gasteiger partial charge on any atom is 0.326 e. The van der Waals surface area contributed by atoms with E-state index >= 15 is 0 Å².